The van der Waals surface area contributed by atoms with Crippen molar-refractivity contribution in [2.75, 3.05) is 39.1 Å². The Balaban J connectivity index is 1.29. The number of ether oxygens (including phenoxy) is 1. The van der Waals surface area contributed by atoms with E-state index in [9.17, 15) is 14.6 Å². The topological polar surface area (TPSA) is 65.8 Å². The van der Waals surface area contributed by atoms with Gasteiger partial charge in [-0.1, -0.05) is 11.6 Å². The number of hydrogen-bond donors (Lipinski definition) is 2. The van der Waals surface area contributed by atoms with Crippen LogP contribution in [-0.2, 0) is 0 Å². The summed E-state index contributed by atoms with van der Waals surface area (Å²) in [7, 11) is 1.63. The van der Waals surface area contributed by atoms with Gasteiger partial charge in [0.15, 0.2) is 0 Å². The molecule has 0 amide bonds. The van der Waals surface area contributed by atoms with Gasteiger partial charge in [0.25, 0.3) is 0 Å². The molecular weight excluding hydrogens is 487 g/mol. The summed E-state index contributed by atoms with van der Waals surface area (Å²) in [5, 5.41) is 22.4. The summed E-state index contributed by atoms with van der Waals surface area (Å²) in [5.41, 5.74) is 1.70. The number of piperidine rings is 1. The molecule has 2 N–H and O–H groups in total. The monoisotopic (exact) mass is 518 g/mol. The van der Waals surface area contributed by atoms with E-state index in [1.807, 2.05) is 24.3 Å². The fourth-order valence-corrected chi connectivity index (χ4v) is 6.22. The molecule has 0 unspecified atom stereocenters. The molecule has 35 heavy (non-hydrogen) atoms. The first-order chi connectivity index (χ1) is 17.0. The molecule has 1 aliphatic rings. The third kappa shape index (κ3) is 6.86. The van der Waals surface area contributed by atoms with Crippen molar-refractivity contribution in [3.8, 4) is 5.75 Å². The summed E-state index contributed by atoms with van der Waals surface area (Å²) < 4.78 is 18.9. The number of aliphatic hydroxyl groups is 2. The Bertz CT molecular complexity index is 1110. The quantitative estimate of drug-likeness (QED) is 0.342. The molecule has 0 aliphatic carbocycles. The van der Waals surface area contributed by atoms with Crippen LogP contribution < -0.4 is 4.74 Å². The summed E-state index contributed by atoms with van der Waals surface area (Å²) in [6.07, 6.45) is 3.61. The predicted octanol–water partition coefficient (Wildman–Crippen LogP) is 5.57. The summed E-state index contributed by atoms with van der Waals surface area (Å²) in [4.78, 5) is 7.60. The third-order valence-electron chi connectivity index (χ3n) is 6.87. The molecule has 2 heterocycles. The van der Waals surface area contributed by atoms with Gasteiger partial charge in [0, 0.05) is 47.0 Å². The number of nitrogens with zero attached hydrogens (tertiary/aromatic N) is 2. The van der Waals surface area contributed by atoms with Crippen LogP contribution in [0.3, 0.4) is 0 Å². The van der Waals surface area contributed by atoms with Crippen LogP contribution in [0.5, 0.6) is 5.75 Å². The van der Waals surface area contributed by atoms with Gasteiger partial charge in [-0.15, -0.1) is 11.8 Å². The van der Waals surface area contributed by atoms with E-state index in [2.05, 4.69) is 9.88 Å². The van der Waals surface area contributed by atoms with Crippen molar-refractivity contribution >= 4 is 34.3 Å². The van der Waals surface area contributed by atoms with Gasteiger partial charge in [0.1, 0.15) is 11.6 Å². The molecule has 2 aromatic carbocycles. The number of aromatic nitrogens is 1. The average molecular weight is 519 g/mol. The molecule has 1 aromatic heterocycles. The first kappa shape index (κ1) is 26.2. The van der Waals surface area contributed by atoms with Gasteiger partial charge in [0.2, 0.25) is 0 Å². The Hall–Kier alpha value is -1.90. The molecule has 188 valence electrons. The molecule has 1 fully saturated rings. The molecule has 0 radical (unpaired) electrons. The van der Waals surface area contributed by atoms with Crippen molar-refractivity contribution in [1.82, 2.24) is 9.88 Å². The molecule has 5 nitrogen and oxygen atoms in total. The third-order valence-corrected chi connectivity index (χ3v) is 8.05. The minimum Gasteiger partial charge on any atom is -0.497 e. The largest absolute Gasteiger partial charge is 0.497 e. The first-order valence-electron chi connectivity index (χ1n) is 12.0. The van der Waals surface area contributed by atoms with Crippen LogP contribution in [-0.4, -0.2) is 59.2 Å². The smallest absolute Gasteiger partial charge is 0.125 e. The Morgan fingerprint density at radius 1 is 1.23 bits per heavy atom. The van der Waals surface area contributed by atoms with Gasteiger partial charge in [0.05, 0.1) is 18.7 Å². The van der Waals surface area contributed by atoms with Gasteiger partial charge in [-0.3, -0.25) is 4.98 Å². The number of halogens is 2. The average Bonchev–Trinajstić information content (AvgIpc) is 2.86. The van der Waals surface area contributed by atoms with Crippen molar-refractivity contribution in [2.24, 2.45) is 11.8 Å². The minimum atomic E-state index is -0.598. The maximum absolute atomic E-state index is 13.5. The molecule has 0 saturated carbocycles. The van der Waals surface area contributed by atoms with Crippen LogP contribution >= 0.6 is 23.4 Å². The van der Waals surface area contributed by atoms with Crippen molar-refractivity contribution in [1.29, 1.82) is 0 Å². The highest BCUT2D eigenvalue weighted by molar-refractivity contribution is 7.99. The number of hydrogen-bond acceptors (Lipinski definition) is 6. The summed E-state index contributed by atoms with van der Waals surface area (Å²) in [6, 6.07) is 12.2. The van der Waals surface area contributed by atoms with Gasteiger partial charge in [-0.25, -0.2) is 4.39 Å². The number of benzene rings is 2. The van der Waals surface area contributed by atoms with Crippen molar-refractivity contribution < 1.29 is 19.3 Å². The Labute approximate surface area is 215 Å². The van der Waals surface area contributed by atoms with Crippen LogP contribution in [0, 0.1) is 17.7 Å². The van der Waals surface area contributed by atoms with Crippen molar-refractivity contribution in [2.45, 2.75) is 30.3 Å². The Morgan fingerprint density at radius 3 is 2.86 bits per heavy atom. The highest BCUT2D eigenvalue weighted by atomic mass is 35.5. The predicted molar refractivity (Wildman–Crippen MR) is 140 cm³/mol. The van der Waals surface area contributed by atoms with Crippen LogP contribution in [0.1, 0.15) is 30.9 Å². The fraction of sp³-hybridized carbons (Fsp3) is 0.444. The minimum absolute atomic E-state index is 0.138. The lowest BCUT2D eigenvalue weighted by Crippen LogP contribution is -2.43. The number of rotatable bonds is 10. The molecule has 3 aromatic rings. The SMILES string of the molecule is COc1ccc2nccc([C@@H](O)CC[C@@H]3CCN(CCSc4cc(F)cc(Cl)c4)C[C@@H]3CO)c2c1. The van der Waals surface area contributed by atoms with Gasteiger partial charge < -0.3 is 19.8 Å². The summed E-state index contributed by atoms with van der Waals surface area (Å²) in [5.74, 6) is 1.80. The molecule has 8 heteroatoms. The second-order valence-electron chi connectivity index (χ2n) is 9.12. The van der Waals surface area contributed by atoms with Crippen LogP contribution in [0.15, 0.2) is 53.6 Å². The molecule has 1 aliphatic heterocycles. The zero-order chi connectivity index (χ0) is 24.8. The van der Waals surface area contributed by atoms with Crippen LogP contribution in [0.4, 0.5) is 4.39 Å². The number of pyridine rings is 1. The van der Waals surface area contributed by atoms with E-state index in [0.717, 1.165) is 65.3 Å². The van der Waals surface area contributed by atoms with E-state index in [1.54, 1.807) is 31.1 Å². The standard InChI is InChI=1S/C27H32ClFN2O3S/c1-34-22-3-4-26-25(15-22)24(6-8-30-26)27(33)5-2-18-7-9-31(16-19(18)17-32)10-11-35-23-13-20(28)12-21(29)14-23/h3-4,6,8,12-15,18-19,27,32-33H,2,5,7,9-11,16-17H2,1H3/t18-,19-,27+/m1/s1. The molecule has 0 spiro atoms. The molecule has 1 saturated heterocycles. The van der Waals surface area contributed by atoms with E-state index in [1.165, 1.54) is 12.1 Å². The number of aliphatic hydroxyl groups excluding tert-OH is 2. The zero-order valence-corrected chi connectivity index (χ0v) is 21.4. The lowest BCUT2D eigenvalue weighted by atomic mass is 9.81. The molecule has 0 bridgehead atoms. The highest BCUT2D eigenvalue weighted by Gasteiger charge is 2.29. The van der Waals surface area contributed by atoms with Gasteiger partial charge in [-0.2, -0.15) is 0 Å². The second-order valence-corrected chi connectivity index (χ2v) is 10.7. The fourth-order valence-electron chi connectivity index (χ4n) is 4.94. The normalized spacial score (nSPS) is 19.7. The Kier molecular flexibility index (Phi) is 9.25. The number of likely N-dealkylation sites (tertiary alicyclic amines) is 1. The summed E-state index contributed by atoms with van der Waals surface area (Å²) in [6.45, 7) is 2.79. The summed E-state index contributed by atoms with van der Waals surface area (Å²) >= 11 is 7.54. The van der Waals surface area contributed by atoms with Crippen molar-refractivity contribution in [3.63, 3.8) is 0 Å². The van der Waals surface area contributed by atoms with Crippen LogP contribution in [0.25, 0.3) is 10.9 Å². The molecular formula is C27H32ClFN2O3S. The number of methoxy groups -OCH3 is 1. The van der Waals surface area contributed by atoms with E-state index in [0.29, 0.717) is 17.4 Å². The molecule has 4 rings (SSSR count). The molecule has 3 atom stereocenters. The lowest BCUT2D eigenvalue weighted by Gasteiger charge is -2.38. The van der Waals surface area contributed by atoms with Crippen molar-refractivity contribution in [3.05, 3.63) is 65.1 Å². The lowest BCUT2D eigenvalue weighted by molar-refractivity contribution is 0.0608. The second kappa shape index (κ2) is 12.4. The van der Waals surface area contributed by atoms with Gasteiger partial charge in [-0.05, 0) is 85.7 Å². The van der Waals surface area contributed by atoms with E-state index < -0.39 is 6.10 Å². The maximum Gasteiger partial charge on any atom is 0.125 e. The van der Waals surface area contributed by atoms with E-state index in [4.69, 9.17) is 16.3 Å². The zero-order valence-electron chi connectivity index (χ0n) is 19.9. The Morgan fingerprint density at radius 2 is 2.09 bits per heavy atom. The van der Waals surface area contributed by atoms with E-state index in [-0.39, 0.29) is 18.3 Å². The maximum atomic E-state index is 13.5. The van der Waals surface area contributed by atoms with E-state index >= 15 is 0 Å². The van der Waals surface area contributed by atoms with Gasteiger partial charge >= 0.3 is 0 Å². The van der Waals surface area contributed by atoms with Crippen LogP contribution in [0.2, 0.25) is 5.02 Å². The number of thioether (sulfide) groups is 1. The highest BCUT2D eigenvalue weighted by Crippen LogP contribution is 2.34. The first-order valence-corrected chi connectivity index (χ1v) is 13.4. The number of fused-ring (bicyclic) bond motifs is 1.